The van der Waals surface area contributed by atoms with Crippen molar-refractivity contribution in [3.8, 4) is 0 Å². The Morgan fingerprint density at radius 2 is 1.97 bits per heavy atom. The summed E-state index contributed by atoms with van der Waals surface area (Å²) in [5, 5.41) is 6.89. The third-order valence-corrected chi connectivity index (χ3v) is 7.11. The van der Waals surface area contributed by atoms with Gasteiger partial charge in [-0.1, -0.05) is 34.6 Å². The number of likely N-dealkylation sites (tertiary alicyclic amines) is 1. The Kier molecular flexibility index (Phi) is 8.27. The van der Waals surface area contributed by atoms with Crippen molar-refractivity contribution in [1.82, 2.24) is 14.9 Å². The number of anilines is 2. The van der Waals surface area contributed by atoms with Gasteiger partial charge in [0.15, 0.2) is 0 Å². The number of nitrogens with one attached hydrogen (secondary N) is 2. The van der Waals surface area contributed by atoms with E-state index in [1.54, 1.807) is 6.20 Å². The van der Waals surface area contributed by atoms with Gasteiger partial charge in [0, 0.05) is 45.2 Å². The number of hydrogen-bond donors (Lipinski definition) is 2. The predicted octanol–water partition coefficient (Wildman–Crippen LogP) is 5.51. The van der Waals surface area contributed by atoms with Crippen LogP contribution in [-0.2, 0) is 16.7 Å². The molecule has 4 rings (SSSR count). The molecule has 3 atom stereocenters. The lowest BCUT2D eigenvalue weighted by molar-refractivity contribution is 0.119. The summed E-state index contributed by atoms with van der Waals surface area (Å²) in [7, 11) is 0. The third-order valence-electron chi connectivity index (χ3n) is 7.11. The number of nitrogens with zero attached hydrogens (tertiary/aromatic N) is 3. The number of ether oxygens (including phenoxy) is 1. The van der Waals surface area contributed by atoms with Crippen molar-refractivity contribution in [2.24, 2.45) is 0 Å². The molecule has 4 heterocycles. The quantitative estimate of drug-likeness (QED) is 0.516. The van der Waals surface area contributed by atoms with Gasteiger partial charge in [-0.2, -0.15) is 0 Å². The number of pyridine rings is 2. The van der Waals surface area contributed by atoms with Gasteiger partial charge in [0.25, 0.3) is 0 Å². The minimum absolute atomic E-state index is 0.0483. The van der Waals surface area contributed by atoms with Crippen molar-refractivity contribution in [2.45, 2.75) is 90.1 Å². The fourth-order valence-corrected chi connectivity index (χ4v) is 4.95. The molecule has 0 aliphatic carbocycles. The van der Waals surface area contributed by atoms with E-state index in [4.69, 9.17) is 9.72 Å². The molecule has 2 N–H and O–H groups in total. The zero-order chi connectivity index (χ0) is 25.0. The van der Waals surface area contributed by atoms with Crippen molar-refractivity contribution >= 4 is 11.4 Å². The van der Waals surface area contributed by atoms with Gasteiger partial charge in [-0.15, -0.1) is 0 Å². The molecule has 0 radical (unpaired) electrons. The predicted molar refractivity (Wildman–Crippen MR) is 141 cm³/mol. The highest BCUT2D eigenvalue weighted by Gasteiger charge is 2.31. The molecule has 192 valence electrons. The third kappa shape index (κ3) is 6.91. The van der Waals surface area contributed by atoms with E-state index in [2.05, 4.69) is 67.3 Å². The van der Waals surface area contributed by atoms with Crippen molar-refractivity contribution in [3.05, 3.63) is 47.5 Å². The van der Waals surface area contributed by atoms with E-state index in [9.17, 15) is 0 Å². The highest BCUT2D eigenvalue weighted by atomic mass is 19.1. The van der Waals surface area contributed by atoms with E-state index >= 15 is 4.39 Å². The van der Waals surface area contributed by atoms with Gasteiger partial charge in [-0.3, -0.25) is 14.9 Å². The van der Waals surface area contributed by atoms with Crippen molar-refractivity contribution in [2.75, 3.05) is 36.9 Å². The van der Waals surface area contributed by atoms with Crippen molar-refractivity contribution < 1.29 is 9.13 Å². The van der Waals surface area contributed by atoms with E-state index in [0.29, 0.717) is 19.0 Å². The van der Waals surface area contributed by atoms with Crippen LogP contribution in [0.5, 0.6) is 0 Å². The molecule has 0 bridgehead atoms. The number of halogens is 1. The first kappa shape index (κ1) is 25.8. The van der Waals surface area contributed by atoms with Gasteiger partial charge in [0.05, 0.1) is 35.4 Å². The topological polar surface area (TPSA) is 62.3 Å². The molecule has 35 heavy (non-hydrogen) atoms. The van der Waals surface area contributed by atoms with Crippen LogP contribution in [-0.4, -0.2) is 59.4 Å². The minimum atomic E-state index is -0.947. The Bertz CT molecular complexity index is 970. The summed E-state index contributed by atoms with van der Waals surface area (Å²) in [4.78, 5) is 11.4. The van der Waals surface area contributed by atoms with E-state index in [1.807, 2.05) is 12.4 Å². The van der Waals surface area contributed by atoms with Gasteiger partial charge in [-0.05, 0) is 53.9 Å². The van der Waals surface area contributed by atoms with E-state index in [-0.39, 0.29) is 17.6 Å². The van der Waals surface area contributed by atoms with Crippen LogP contribution in [0.1, 0.15) is 76.6 Å². The molecule has 2 aromatic heterocycles. The van der Waals surface area contributed by atoms with Crippen LogP contribution in [0.4, 0.5) is 15.8 Å². The van der Waals surface area contributed by atoms with Crippen LogP contribution < -0.4 is 10.6 Å². The van der Waals surface area contributed by atoms with Gasteiger partial charge < -0.3 is 15.4 Å². The molecule has 0 aromatic carbocycles. The molecular formula is C28H42FN5O. The summed E-state index contributed by atoms with van der Waals surface area (Å²) >= 11 is 0. The molecule has 0 spiro atoms. The molecule has 0 saturated carbocycles. The standard InChI is InChI=1S/C28H42FN5O/c1-19(2)20-11-22(14-30-13-20)33-26-8-9-34(17-25(26)29)18-27-24(28(3,4)5)12-21(15-32-27)31-16-23-7-6-10-35-23/h11-15,19,23,25-26,31,33H,6-10,16-18H2,1-5H3. The Labute approximate surface area is 210 Å². The lowest BCUT2D eigenvalue weighted by Gasteiger charge is -2.36. The van der Waals surface area contributed by atoms with Crippen LogP contribution >= 0.6 is 0 Å². The average molecular weight is 484 g/mol. The normalized spacial score (nSPS) is 23.6. The Morgan fingerprint density at radius 1 is 1.14 bits per heavy atom. The fourth-order valence-electron chi connectivity index (χ4n) is 4.95. The molecule has 2 aliphatic rings. The van der Waals surface area contributed by atoms with Crippen LogP contribution in [0.3, 0.4) is 0 Å². The van der Waals surface area contributed by atoms with Crippen LogP contribution in [0.2, 0.25) is 0 Å². The Hall–Kier alpha value is -2.25. The van der Waals surface area contributed by atoms with Gasteiger partial charge in [-0.25, -0.2) is 4.39 Å². The molecular weight excluding hydrogens is 441 g/mol. The first-order valence-corrected chi connectivity index (χ1v) is 13.1. The number of hydrogen-bond acceptors (Lipinski definition) is 6. The van der Waals surface area contributed by atoms with Gasteiger partial charge in [0.1, 0.15) is 6.17 Å². The monoisotopic (exact) mass is 483 g/mol. The molecule has 6 nitrogen and oxygen atoms in total. The van der Waals surface area contributed by atoms with Crippen LogP contribution in [0.15, 0.2) is 30.7 Å². The SMILES string of the molecule is CC(C)c1cncc(NC2CCN(Cc3ncc(NCC4CCCO4)cc3C(C)(C)C)CC2F)c1. The number of rotatable bonds is 8. The maximum atomic E-state index is 15.2. The largest absolute Gasteiger partial charge is 0.381 e. The van der Waals surface area contributed by atoms with Crippen molar-refractivity contribution in [3.63, 3.8) is 0 Å². The molecule has 2 fully saturated rings. The van der Waals surface area contributed by atoms with E-state index in [0.717, 1.165) is 61.6 Å². The molecule has 7 heteroatoms. The number of piperidine rings is 1. The summed E-state index contributed by atoms with van der Waals surface area (Å²) in [6, 6.07) is 4.10. The van der Waals surface area contributed by atoms with Crippen LogP contribution in [0.25, 0.3) is 0 Å². The maximum absolute atomic E-state index is 15.2. The minimum Gasteiger partial charge on any atom is -0.381 e. The molecule has 2 aliphatic heterocycles. The van der Waals surface area contributed by atoms with E-state index < -0.39 is 6.17 Å². The highest BCUT2D eigenvalue weighted by Crippen LogP contribution is 2.30. The molecule has 0 amide bonds. The van der Waals surface area contributed by atoms with Crippen molar-refractivity contribution in [1.29, 1.82) is 0 Å². The first-order valence-electron chi connectivity index (χ1n) is 13.1. The zero-order valence-corrected chi connectivity index (χ0v) is 22.0. The molecule has 3 unspecified atom stereocenters. The lowest BCUT2D eigenvalue weighted by Crippen LogP contribution is -2.47. The second kappa shape index (κ2) is 11.2. The first-order chi connectivity index (χ1) is 16.7. The summed E-state index contributed by atoms with van der Waals surface area (Å²) in [5.41, 5.74) is 5.29. The second-order valence-electron chi connectivity index (χ2n) is 11.4. The summed E-state index contributed by atoms with van der Waals surface area (Å²) in [6.07, 6.45) is 7.92. The van der Waals surface area contributed by atoms with E-state index in [1.165, 1.54) is 5.56 Å². The maximum Gasteiger partial charge on any atom is 0.133 e. The summed E-state index contributed by atoms with van der Waals surface area (Å²) in [5.74, 6) is 0.398. The molecule has 2 saturated heterocycles. The Morgan fingerprint density at radius 3 is 2.66 bits per heavy atom. The summed E-state index contributed by atoms with van der Waals surface area (Å²) < 4.78 is 21.0. The molecule has 2 aromatic rings. The fraction of sp³-hybridized carbons (Fsp3) is 0.643. The number of aromatic nitrogens is 2. The lowest BCUT2D eigenvalue weighted by atomic mass is 9.85. The number of alkyl halides is 1. The summed E-state index contributed by atoms with van der Waals surface area (Å²) in [6.45, 7) is 14.5. The average Bonchev–Trinajstić information content (AvgIpc) is 3.33. The van der Waals surface area contributed by atoms with Gasteiger partial charge in [0.2, 0.25) is 0 Å². The van der Waals surface area contributed by atoms with Crippen LogP contribution in [0, 0.1) is 0 Å². The second-order valence-corrected chi connectivity index (χ2v) is 11.4. The zero-order valence-electron chi connectivity index (χ0n) is 22.0. The van der Waals surface area contributed by atoms with Gasteiger partial charge >= 0.3 is 0 Å². The highest BCUT2D eigenvalue weighted by molar-refractivity contribution is 5.47. The Balaban J connectivity index is 1.37. The smallest absolute Gasteiger partial charge is 0.133 e.